The number of hydrogen-bond donors (Lipinski definition) is 1. The highest BCUT2D eigenvalue weighted by molar-refractivity contribution is 7.20. The topological polar surface area (TPSA) is 84.5 Å². The van der Waals surface area contributed by atoms with Gasteiger partial charge in [0.15, 0.2) is 0 Å². The van der Waals surface area contributed by atoms with Crippen molar-refractivity contribution in [1.29, 1.82) is 0 Å². The minimum absolute atomic E-state index is 0.0788. The summed E-state index contributed by atoms with van der Waals surface area (Å²) in [6.45, 7) is 3.88. The number of carbonyl (C=O) groups excluding carboxylic acids is 1. The highest BCUT2D eigenvalue weighted by atomic mass is 32.1. The van der Waals surface area contributed by atoms with E-state index in [9.17, 15) is 32.7 Å². The largest absolute Gasteiger partial charge is 0.393 e. The molecule has 1 amide bonds. The lowest BCUT2D eigenvalue weighted by Gasteiger charge is -2.29. The summed E-state index contributed by atoms with van der Waals surface area (Å²) in [5.41, 5.74) is -0.771. The second-order valence-corrected chi connectivity index (χ2v) is 8.46. The predicted octanol–water partition coefficient (Wildman–Crippen LogP) is 2.49. The molecule has 0 unspecified atom stereocenters. The lowest BCUT2D eigenvalue weighted by molar-refractivity contribution is -0.135. The number of carbonyl (C=O) groups is 1. The molecule has 1 aliphatic rings. The number of rotatable bonds is 5. The fourth-order valence-corrected chi connectivity index (χ4v) is 5.01. The number of aliphatic hydroxyl groups is 1. The van der Waals surface area contributed by atoms with Gasteiger partial charge in [0.1, 0.15) is 4.83 Å². The maximum atomic E-state index is 13.0. The van der Waals surface area contributed by atoms with Gasteiger partial charge in [0.05, 0.1) is 16.4 Å². The molecule has 3 rings (SSSR count). The highest BCUT2D eigenvalue weighted by Gasteiger charge is 2.29. The Kier molecular flexibility index (Phi) is 6.42. The van der Waals surface area contributed by atoms with Crippen LogP contribution in [0.2, 0.25) is 0 Å². The molecule has 0 bridgehead atoms. The Labute approximate surface area is 174 Å². The van der Waals surface area contributed by atoms with E-state index in [1.165, 1.54) is 4.57 Å². The standard InChI is InChI=1S/C19H24F3N3O4S/c1-3-24-15(27)13-11(2)14(16(28)23-9-5-12(26)6-10-23)30-17(13)25(18(24)29)8-4-7-19(20,21)22/h12,26H,3-10H2,1-2H3. The van der Waals surface area contributed by atoms with Crippen molar-refractivity contribution in [1.82, 2.24) is 14.0 Å². The van der Waals surface area contributed by atoms with Crippen LogP contribution in [0.1, 0.15) is 47.8 Å². The Morgan fingerprint density at radius 2 is 1.83 bits per heavy atom. The van der Waals surface area contributed by atoms with E-state index in [0.29, 0.717) is 36.4 Å². The second kappa shape index (κ2) is 8.54. The maximum Gasteiger partial charge on any atom is 0.389 e. The molecule has 1 fully saturated rings. The number of fused-ring (bicyclic) bond motifs is 1. The van der Waals surface area contributed by atoms with Crippen molar-refractivity contribution in [2.75, 3.05) is 13.1 Å². The highest BCUT2D eigenvalue weighted by Crippen LogP contribution is 2.30. The summed E-state index contributed by atoms with van der Waals surface area (Å²) in [5.74, 6) is -0.294. The molecule has 0 spiro atoms. The monoisotopic (exact) mass is 447 g/mol. The Morgan fingerprint density at radius 3 is 2.40 bits per heavy atom. The third-order valence-electron chi connectivity index (χ3n) is 5.40. The lowest BCUT2D eigenvalue weighted by atomic mass is 10.1. The van der Waals surface area contributed by atoms with Crippen molar-refractivity contribution in [2.45, 2.75) is 64.9 Å². The van der Waals surface area contributed by atoms with Crippen LogP contribution in [0.4, 0.5) is 13.2 Å². The average Bonchev–Trinajstić information content (AvgIpc) is 3.01. The molecule has 0 atom stereocenters. The SMILES string of the molecule is CCn1c(=O)c2c(C)c(C(=O)N3CCC(O)CC3)sc2n(CCCC(F)(F)F)c1=O. The van der Waals surface area contributed by atoms with Crippen molar-refractivity contribution in [3.05, 3.63) is 31.3 Å². The molecule has 0 radical (unpaired) electrons. The molecule has 1 N–H and O–H groups in total. The maximum absolute atomic E-state index is 13.0. The van der Waals surface area contributed by atoms with E-state index in [4.69, 9.17) is 0 Å². The van der Waals surface area contributed by atoms with E-state index >= 15 is 0 Å². The third kappa shape index (κ3) is 4.31. The van der Waals surface area contributed by atoms with Crippen LogP contribution in [-0.2, 0) is 13.1 Å². The smallest absolute Gasteiger partial charge is 0.389 e. The molecule has 1 aliphatic heterocycles. The first kappa shape index (κ1) is 22.5. The van der Waals surface area contributed by atoms with E-state index in [1.807, 2.05) is 0 Å². The fourth-order valence-electron chi connectivity index (χ4n) is 3.72. The summed E-state index contributed by atoms with van der Waals surface area (Å²) < 4.78 is 39.9. The summed E-state index contributed by atoms with van der Waals surface area (Å²) in [6.07, 6.45) is -5.22. The van der Waals surface area contributed by atoms with Crippen LogP contribution in [-0.4, -0.2) is 50.4 Å². The normalized spacial score (nSPS) is 15.9. The number of likely N-dealkylation sites (tertiary alicyclic amines) is 1. The molecule has 30 heavy (non-hydrogen) atoms. The number of alkyl halides is 3. The van der Waals surface area contributed by atoms with Gasteiger partial charge in [-0.1, -0.05) is 0 Å². The first-order valence-corrected chi connectivity index (χ1v) is 10.7. The molecular weight excluding hydrogens is 423 g/mol. The van der Waals surface area contributed by atoms with Gasteiger partial charge in [0.2, 0.25) is 0 Å². The average molecular weight is 447 g/mol. The Bertz CT molecular complexity index is 1060. The molecule has 11 heteroatoms. The van der Waals surface area contributed by atoms with Crippen molar-refractivity contribution < 1.29 is 23.1 Å². The number of piperidine rings is 1. The first-order chi connectivity index (χ1) is 14.0. The summed E-state index contributed by atoms with van der Waals surface area (Å²) in [6, 6.07) is 0. The van der Waals surface area contributed by atoms with Crippen molar-refractivity contribution in [3.8, 4) is 0 Å². The van der Waals surface area contributed by atoms with Crippen LogP contribution in [0.5, 0.6) is 0 Å². The summed E-state index contributed by atoms with van der Waals surface area (Å²) >= 11 is 0.973. The van der Waals surface area contributed by atoms with Crippen LogP contribution in [0.3, 0.4) is 0 Å². The minimum atomic E-state index is -4.34. The Balaban J connectivity index is 2.08. The number of thiophene rings is 1. The molecule has 0 saturated carbocycles. The molecule has 7 nitrogen and oxygen atoms in total. The van der Waals surface area contributed by atoms with Gasteiger partial charge in [-0.05, 0) is 38.7 Å². The molecule has 2 aromatic heterocycles. The van der Waals surface area contributed by atoms with E-state index in [1.54, 1.807) is 18.7 Å². The van der Waals surface area contributed by atoms with Gasteiger partial charge in [-0.2, -0.15) is 13.2 Å². The minimum Gasteiger partial charge on any atom is -0.393 e. The zero-order valence-corrected chi connectivity index (χ0v) is 17.6. The molecule has 2 aromatic rings. The second-order valence-electron chi connectivity index (χ2n) is 7.46. The molecule has 0 aromatic carbocycles. The Hall–Kier alpha value is -2.14. The van der Waals surface area contributed by atoms with Crippen LogP contribution < -0.4 is 11.2 Å². The van der Waals surface area contributed by atoms with Crippen molar-refractivity contribution >= 4 is 27.5 Å². The molecule has 166 valence electrons. The van der Waals surface area contributed by atoms with Crippen LogP contribution in [0, 0.1) is 6.92 Å². The molecular formula is C19H24F3N3O4S. The lowest BCUT2D eigenvalue weighted by Crippen LogP contribution is -2.40. The molecule has 0 aliphatic carbocycles. The number of hydrogen-bond acceptors (Lipinski definition) is 5. The van der Waals surface area contributed by atoms with Gasteiger partial charge >= 0.3 is 11.9 Å². The van der Waals surface area contributed by atoms with Gasteiger partial charge < -0.3 is 10.0 Å². The van der Waals surface area contributed by atoms with E-state index in [-0.39, 0.29) is 35.6 Å². The first-order valence-electron chi connectivity index (χ1n) is 9.86. The Morgan fingerprint density at radius 1 is 1.20 bits per heavy atom. The molecule has 1 saturated heterocycles. The number of nitrogens with zero attached hydrogens (tertiary/aromatic N) is 3. The van der Waals surface area contributed by atoms with Gasteiger partial charge in [-0.15, -0.1) is 11.3 Å². The van der Waals surface area contributed by atoms with Gasteiger partial charge in [-0.3, -0.25) is 18.7 Å². The van der Waals surface area contributed by atoms with E-state index in [2.05, 4.69) is 0 Å². The van der Waals surface area contributed by atoms with Gasteiger partial charge in [0.25, 0.3) is 11.5 Å². The number of aryl methyl sites for hydroxylation is 2. The summed E-state index contributed by atoms with van der Waals surface area (Å²) in [4.78, 5) is 40.7. The van der Waals surface area contributed by atoms with Gasteiger partial charge in [0, 0.05) is 32.6 Å². The van der Waals surface area contributed by atoms with Gasteiger partial charge in [-0.25, -0.2) is 4.79 Å². The fraction of sp³-hybridized carbons (Fsp3) is 0.632. The van der Waals surface area contributed by atoms with Crippen LogP contribution >= 0.6 is 11.3 Å². The number of aliphatic hydroxyl groups excluding tert-OH is 1. The van der Waals surface area contributed by atoms with Crippen LogP contribution in [0.25, 0.3) is 10.2 Å². The molecule has 3 heterocycles. The predicted molar refractivity (Wildman–Crippen MR) is 107 cm³/mol. The van der Waals surface area contributed by atoms with Crippen molar-refractivity contribution in [3.63, 3.8) is 0 Å². The zero-order valence-electron chi connectivity index (χ0n) is 16.8. The summed E-state index contributed by atoms with van der Waals surface area (Å²) in [5, 5.41) is 9.85. The van der Waals surface area contributed by atoms with Crippen molar-refractivity contribution in [2.24, 2.45) is 0 Å². The van der Waals surface area contributed by atoms with E-state index < -0.39 is 30.0 Å². The summed E-state index contributed by atoms with van der Waals surface area (Å²) in [7, 11) is 0. The number of halogens is 3. The third-order valence-corrected chi connectivity index (χ3v) is 6.70. The van der Waals surface area contributed by atoms with E-state index in [0.717, 1.165) is 15.9 Å². The number of aromatic nitrogens is 2. The zero-order chi connectivity index (χ0) is 22.2. The number of amides is 1. The van der Waals surface area contributed by atoms with Crippen LogP contribution in [0.15, 0.2) is 9.59 Å². The quantitative estimate of drug-likeness (QED) is 0.763.